The van der Waals surface area contributed by atoms with Gasteiger partial charge in [0.25, 0.3) is 5.91 Å². The summed E-state index contributed by atoms with van der Waals surface area (Å²) in [5, 5.41) is 0. The molecule has 264 valence electrons. The first-order chi connectivity index (χ1) is 23.8. The molecule has 3 aromatic carbocycles. The van der Waals surface area contributed by atoms with E-state index in [2.05, 4.69) is 41.0 Å². The van der Waals surface area contributed by atoms with Gasteiger partial charge in [-0.2, -0.15) is 0 Å². The Morgan fingerprint density at radius 3 is 2.45 bits per heavy atom. The zero-order valence-electron chi connectivity index (χ0n) is 29.4. The molecule has 0 aromatic heterocycles. The van der Waals surface area contributed by atoms with Crippen LogP contribution >= 0.6 is 0 Å². The zero-order chi connectivity index (χ0) is 34.8. The van der Waals surface area contributed by atoms with Crippen LogP contribution in [0.1, 0.15) is 39.9 Å². The molecule has 0 N–H and O–H groups in total. The van der Waals surface area contributed by atoms with Crippen molar-refractivity contribution in [3.63, 3.8) is 0 Å². The Hall–Kier alpha value is -4.32. The van der Waals surface area contributed by atoms with Crippen molar-refractivity contribution in [1.29, 1.82) is 0 Å². The third-order valence-electron chi connectivity index (χ3n) is 8.93. The van der Waals surface area contributed by atoms with Crippen molar-refractivity contribution in [2.24, 2.45) is 0 Å². The van der Waals surface area contributed by atoms with E-state index in [0.717, 1.165) is 34.6 Å². The van der Waals surface area contributed by atoms with Crippen molar-refractivity contribution in [3.05, 3.63) is 76.9 Å². The molecule has 0 aliphatic carbocycles. The Morgan fingerprint density at radius 2 is 1.67 bits per heavy atom. The van der Waals surface area contributed by atoms with E-state index in [1.807, 2.05) is 36.2 Å². The number of hydrogen-bond acceptors (Lipinski definition) is 10. The molecule has 11 heteroatoms. The maximum Gasteiger partial charge on any atom is 0.305 e. The minimum absolute atomic E-state index is 0.0302. The number of carbonyl (C=O) groups is 2. The van der Waals surface area contributed by atoms with E-state index in [1.165, 1.54) is 12.7 Å². The third kappa shape index (κ3) is 9.03. The summed E-state index contributed by atoms with van der Waals surface area (Å²) in [5.41, 5.74) is 6.67. The molecule has 5 rings (SSSR count). The topological polar surface area (TPSA) is 99.2 Å². The number of likely N-dealkylation sites (N-methyl/N-ethyl adjacent to an activating group) is 1. The standard InChI is InChI=1S/C38H49N3O8/c1-27-19-28(21-30(20-27)40(12-8-11-37(42)46-5)13-14-47-17-18-48-16-15-44-3)26-49-36-24-34-32(23-35(36)45-4)38(43)41-31(25-39(34)2)22-29-9-6-7-10-33(29)41/h6-7,9-10,19-21,23-24,31H,8,11-18,22,25-26H2,1-5H3/t31-/m0/s1. The number of ether oxygens (including phenoxy) is 6. The average molecular weight is 676 g/mol. The van der Waals surface area contributed by atoms with Crippen LogP contribution < -0.4 is 24.2 Å². The summed E-state index contributed by atoms with van der Waals surface area (Å²) < 4.78 is 33.4. The molecule has 0 unspecified atom stereocenters. The van der Waals surface area contributed by atoms with Crippen molar-refractivity contribution in [1.82, 2.24) is 0 Å². The van der Waals surface area contributed by atoms with E-state index >= 15 is 0 Å². The van der Waals surface area contributed by atoms with Crippen LogP contribution in [0.2, 0.25) is 0 Å². The van der Waals surface area contributed by atoms with Crippen LogP contribution in [0.15, 0.2) is 54.6 Å². The van der Waals surface area contributed by atoms with E-state index in [9.17, 15) is 9.59 Å². The summed E-state index contributed by atoms with van der Waals surface area (Å²) in [6.07, 6.45) is 1.81. The van der Waals surface area contributed by atoms with Crippen LogP contribution in [0.4, 0.5) is 17.1 Å². The van der Waals surface area contributed by atoms with Gasteiger partial charge in [0, 0.05) is 57.7 Å². The molecular weight excluding hydrogens is 626 g/mol. The Balaban J connectivity index is 1.30. The number of nitrogens with zero attached hydrogens (tertiary/aromatic N) is 3. The van der Waals surface area contributed by atoms with Gasteiger partial charge < -0.3 is 43.1 Å². The molecule has 2 aliphatic heterocycles. The first-order valence-electron chi connectivity index (χ1n) is 16.9. The number of benzene rings is 3. The van der Waals surface area contributed by atoms with Gasteiger partial charge in [-0.1, -0.05) is 24.3 Å². The molecule has 2 heterocycles. The van der Waals surface area contributed by atoms with Crippen LogP contribution in [-0.2, 0) is 36.8 Å². The van der Waals surface area contributed by atoms with Crippen molar-refractivity contribution in [3.8, 4) is 11.5 Å². The Morgan fingerprint density at radius 1 is 0.898 bits per heavy atom. The minimum Gasteiger partial charge on any atom is -0.493 e. The van der Waals surface area contributed by atoms with Crippen LogP contribution in [0.3, 0.4) is 0 Å². The number of fused-ring (bicyclic) bond motifs is 4. The lowest BCUT2D eigenvalue weighted by Crippen LogP contribution is -2.41. The van der Waals surface area contributed by atoms with E-state index in [1.54, 1.807) is 20.3 Å². The number of aryl methyl sites for hydroxylation is 1. The quantitative estimate of drug-likeness (QED) is 0.135. The number of para-hydroxylation sites is 1. The fraction of sp³-hybridized carbons (Fsp3) is 0.474. The second-order valence-corrected chi connectivity index (χ2v) is 12.4. The summed E-state index contributed by atoms with van der Waals surface area (Å²) in [7, 11) is 6.67. The van der Waals surface area contributed by atoms with Gasteiger partial charge in [0.1, 0.15) is 6.61 Å². The predicted molar refractivity (Wildman–Crippen MR) is 189 cm³/mol. The van der Waals surface area contributed by atoms with Crippen LogP contribution in [0.25, 0.3) is 0 Å². The molecule has 0 fully saturated rings. The summed E-state index contributed by atoms with van der Waals surface area (Å²) in [4.78, 5) is 32.1. The lowest BCUT2D eigenvalue weighted by molar-refractivity contribution is -0.140. The number of amides is 1. The van der Waals surface area contributed by atoms with Crippen molar-refractivity contribution in [2.75, 3.05) is 95.7 Å². The number of esters is 1. The van der Waals surface area contributed by atoms with Gasteiger partial charge in [0.05, 0.1) is 64.5 Å². The van der Waals surface area contributed by atoms with Gasteiger partial charge in [-0.05, 0) is 60.7 Å². The van der Waals surface area contributed by atoms with E-state index < -0.39 is 0 Å². The molecule has 11 nitrogen and oxygen atoms in total. The van der Waals surface area contributed by atoms with Gasteiger partial charge in [-0.15, -0.1) is 0 Å². The molecule has 0 spiro atoms. The van der Waals surface area contributed by atoms with Crippen LogP contribution in [0.5, 0.6) is 11.5 Å². The van der Waals surface area contributed by atoms with Gasteiger partial charge >= 0.3 is 5.97 Å². The predicted octanol–water partition coefficient (Wildman–Crippen LogP) is 5.04. The number of rotatable bonds is 18. The highest BCUT2D eigenvalue weighted by Crippen LogP contribution is 2.42. The second-order valence-electron chi connectivity index (χ2n) is 12.4. The number of anilines is 3. The van der Waals surface area contributed by atoms with Gasteiger partial charge in [-0.25, -0.2) is 0 Å². The summed E-state index contributed by atoms with van der Waals surface area (Å²) in [6, 6.07) is 18.3. The van der Waals surface area contributed by atoms with Gasteiger partial charge in [0.2, 0.25) is 0 Å². The summed E-state index contributed by atoms with van der Waals surface area (Å²) >= 11 is 0. The molecule has 0 radical (unpaired) electrons. The van der Waals surface area contributed by atoms with Crippen LogP contribution in [0, 0.1) is 6.92 Å². The fourth-order valence-corrected chi connectivity index (χ4v) is 6.53. The molecule has 2 aliphatic rings. The average Bonchev–Trinajstić information content (AvgIpc) is 3.43. The van der Waals surface area contributed by atoms with Gasteiger partial charge in [0.15, 0.2) is 11.5 Å². The summed E-state index contributed by atoms with van der Waals surface area (Å²) in [5.74, 6) is 0.821. The highest BCUT2D eigenvalue weighted by molar-refractivity contribution is 6.12. The molecule has 0 saturated heterocycles. The van der Waals surface area contributed by atoms with E-state index in [0.29, 0.717) is 89.2 Å². The van der Waals surface area contributed by atoms with E-state index in [-0.39, 0.29) is 17.9 Å². The van der Waals surface area contributed by atoms with Crippen LogP contribution in [-0.4, -0.2) is 99.0 Å². The van der Waals surface area contributed by atoms with Crippen molar-refractivity contribution < 1.29 is 38.0 Å². The highest BCUT2D eigenvalue weighted by atomic mass is 16.5. The van der Waals surface area contributed by atoms with Crippen molar-refractivity contribution in [2.45, 2.75) is 38.8 Å². The normalized spacial score (nSPS) is 15.0. The zero-order valence-corrected chi connectivity index (χ0v) is 29.4. The maximum atomic E-state index is 14.0. The molecule has 49 heavy (non-hydrogen) atoms. The largest absolute Gasteiger partial charge is 0.493 e. The Labute approximate surface area is 289 Å². The number of carbonyl (C=O) groups excluding carboxylic acids is 2. The first kappa shape index (κ1) is 36.0. The highest BCUT2D eigenvalue weighted by Gasteiger charge is 2.39. The second kappa shape index (κ2) is 17.4. The smallest absolute Gasteiger partial charge is 0.305 e. The first-order valence-corrected chi connectivity index (χ1v) is 16.9. The summed E-state index contributed by atoms with van der Waals surface area (Å²) in [6.45, 7) is 6.95. The molecule has 1 amide bonds. The Bertz CT molecular complexity index is 1580. The Kier molecular flexibility index (Phi) is 12.8. The molecular formula is C38H49N3O8. The molecule has 0 bridgehead atoms. The molecule has 3 aromatic rings. The lowest BCUT2D eigenvalue weighted by atomic mass is 10.1. The minimum atomic E-state index is -0.227. The van der Waals surface area contributed by atoms with Crippen molar-refractivity contribution >= 4 is 28.9 Å². The maximum absolute atomic E-state index is 14.0. The molecule has 1 atom stereocenters. The SMILES string of the molecule is COCCOCCOCCN(CCCC(=O)OC)c1cc(C)cc(COc2cc3c(cc2OC)C(=O)N2c4ccccc4C[C@H]2CN3C)c1. The lowest BCUT2D eigenvalue weighted by Gasteiger charge is -2.26. The van der Waals surface area contributed by atoms with Gasteiger partial charge in [-0.3, -0.25) is 9.59 Å². The number of methoxy groups -OCH3 is 3. The number of hydrogen-bond donors (Lipinski definition) is 0. The van der Waals surface area contributed by atoms with E-state index in [4.69, 9.17) is 28.4 Å². The third-order valence-corrected chi connectivity index (χ3v) is 8.93. The fourth-order valence-electron chi connectivity index (χ4n) is 6.53. The molecule has 0 saturated carbocycles. The monoisotopic (exact) mass is 675 g/mol.